The van der Waals surface area contributed by atoms with E-state index >= 15 is 0 Å². The molecule has 6 nitrogen and oxygen atoms in total. The number of nitrogens with one attached hydrogen (secondary N) is 1. The van der Waals surface area contributed by atoms with Crippen molar-refractivity contribution in [2.75, 3.05) is 13.2 Å². The van der Waals surface area contributed by atoms with Gasteiger partial charge in [0.1, 0.15) is 0 Å². The van der Waals surface area contributed by atoms with E-state index in [1.807, 2.05) is 6.08 Å². The zero-order valence-corrected chi connectivity index (χ0v) is 52.0. The first-order valence-corrected chi connectivity index (χ1v) is 34.8. The third-order valence-corrected chi connectivity index (χ3v) is 16.2. The van der Waals surface area contributed by atoms with Crippen molar-refractivity contribution >= 4 is 11.9 Å². The summed E-state index contributed by atoms with van der Waals surface area (Å²) in [7, 11) is 0. The quantitative estimate of drug-likeness (QED) is 0.0320. The van der Waals surface area contributed by atoms with Gasteiger partial charge in [-0.05, 0) is 64.2 Å². The lowest BCUT2D eigenvalue weighted by molar-refractivity contribution is -0.143. The minimum atomic E-state index is -0.846. The molecule has 0 saturated heterocycles. The van der Waals surface area contributed by atoms with Crippen LogP contribution in [0, 0.1) is 0 Å². The molecule has 0 heterocycles. The molecule has 6 heteroatoms. The van der Waals surface area contributed by atoms with Gasteiger partial charge in [0.2, 0.25) is 5.91 Å². The zero-order valence-electron chi connectivity index (χ0n) is 52.0. The fourth-order valence-corrected chi connectivity index (χ4v) is 10.8. The van der Waals surface area contributed by atoms with Gasteiger partial charge in [-0.3, -0.25) is 9.59 Å². The summed E-state index contributed by atoms with van der Waals surface area (Å²) in [4.78, 5) is 24.5. The van der Waals surface area contributed by atoms with Crippen molar-refractivity contribution in [3.8, 4) is 0 Å². The highest BCUT2D eigenvalue weighted by molar-refractivity contribution is 5.76. The van der Waals surface area contributed by atoms with Gasteiger partial charge < -0.3 is 20.3 Å². The van der Waals surface area contributed by atoms with E-state index in [2.05, 4.69) is 43.5 Å². The minimum Gasteiger partial charge on any atom is -0.466 e. The molecule has 2 unspecified atom stereocenters. The molecular formula is C71H135NO5. The summed E-state index contributed by atoms with van der Waals surface area (Å²) < 4.78 is 5.48. The molecule has 77 heavy (non-hydrogen) atoms. The van der Waals surface area contributed by atoms with Gasteiger partial charge in [-0.2, -0.15) is 0 Å². The number of unbranched alkanes of at least 4 members (excludes halogenated alkanes) is 50. The van der Waals surface area contributed by atoms with E-state index in [-0.39, 0.29) is 18.5 Å². The Kier molecular flexibility index (Phi) is 64.9. The number of aliphatic hydroxyl groups excluding tert-OH is 2. The van der Waals surface area contributed by atoms with E-state index in [1.165, 1.54) is 308 Å². The number of amides is 1. The first-order valence-electron chi connectivity index (χ1n) is 34.8. The number of aliphatic hydroxyl groups is 2. The Balaban J connectivity index is 3.43. The molecule has 0 spiro atoms. The van der Waals surface area contributed by atoms with Gasteiger partial charge in [0.25, 0.3) is 0 Å². The summed E-state index contributed by atoms with van der Waals surface area (Å²) in [5, 5.41) is 23.2. The molecular weight excluding hydrogens is 947 g/mol. The topological polar surface area (TPSA) is 95.9 Å². The maximum absolute atomic E-state index is 12.5. The van der Waals surface area contributed by atoms with Crippen LogP contribution < -0.4 is 5.32 Å². The van der Waals surface area contributed by atoms with Gasteiger partial charge in [-0.1, -0.05) is 339 Å². The average Bonchev–Trinajstić information content (AvgIpc) is 3.43. The van der Waals surface area contributed by atoms with Crippen LogP contribution in [0.3, 0.4) is 0 Å². The number of carbonyl (C=O) groups excluding carboxylic acids is 2. The van der Waals surface area contributed by atoms with E-state index in [0.717, 1.165) is 44.9 Å². The van der Waals surface area contributed by atoms with Crippen LogP contribution in [0.2, 0.25) is 0 Å². The maximum atomic E-state index is 12.5. The third-order valence-electron chi connectivity index (χ3n) is 16.2. The predicted molar refractivity (Wildman–Crippen MR) is 338 cm³/mol. The number of hydrogen-bond acceptors (Lipinski definition) is 5. The Morgan fingerprint density at radius 1 is 0.364 bits per heavy atom. The van der Waals surface area contributed by atoms with Gasteiger partial charge in [-0.15, -0.1) is 0 Å². The minimum absolute atomic E-state index is 0.0127. The Bertz CT molecular complexity index is 1250. The average molecular weight is 1080 g/mol. The number of carbonyl (C=O) groups is 2. The monoisotopic (exact) mass is 1080 g/mol. The Hall–Kier alpha value is -1.92. The molecule has 0 aromatic rings. The first kappa shape index (κ1) is 75.1. The van der Waals surface area contributed by atoms with Crippen LogP contribution in [0.25, 0.3) is 0 Å². The Labute approximate surface area is 481 Å². The van der Waals surface area contributed by atoms with Crippen molar-refractivity contribution in [1.82, 2.24) is 5.32 Å². The van der Waals surface area contributed by atoms with Crippen molar-refractivity contribution in [3.63, 3.8) is 0 Å². The third kappa shape index (κ3) is 63.1. The van der Waals surface area contributed by atoms with Gasteiger partial charge in [0.15, 0.2) is 0 Å². The Morgan fingerprint density at radius 2 is 0.649 bits per heavy atom. The number of esters is 1. The largest absolute Gasteiger partial charge is 0.466 e. The predicted octanol–water partition coefficient (Wildman–Crippen LogP) is 22.3. The van der Waals surface area contributed by atoms with Crippen LogP contribution in [0.15, 0.2) is 36.5 Å². The van der Waals surface area contributed by atoms with E-state index < -0.39 is 12.1 Å². The van der Waals surface area contributed by atoms with E-state index in [4.69, 9.17) is 4.74 Å². The molecule has 0 aromatic heterocycles. The van der Waals surface area contributed by atoms with Crippen LogP contribution in [0.4, 0.5) is 0 Å². The highest BCUT2D eigenvalue weighted by Gasteiger charge is 2.18. The normalized spacial score (nSPS) is 12.7. The second kappa shape index (κ2) is 66.6. The van der Waals surface area contributed by atoms with Crippen molar-refractivity contribution < 1.29 is 24.5 Å². The summed E-state index contributed by atoms with van der Waals surface area (Å²) in [5.41, 5.74) is 0. The zero-order chi connectivity index (χ0) is 55.7. The van der Waals surface area contributed by atoms with Crippen LogP contribution in [0.1, 0.15) is 380 Å². The molecule has 1 amide bonds. The second-order valence-electron chi connectivity index (χ2n) is 23.9. The highest BCUT2D eigenvalue weighted by Crippen LogP contribution is 2.18. The fourth-order valence-electron chi connectivity index (χ4n) is 10.8. The number of ether oxygens (including phenoxy) is 1. The molecule has 0 bridgehead atoms. The highest BCUT2D eigenvalue weighted by atomic mass is 16.5. The number of allylic oxidation sites excluding steroid dienone is 5. The summed E-state index contributed by atoms with van der Waals surface area (Å²) in [6.45, 7) is 4.93. The number of hydrogen-bond donors (Lipinski definition) is 3. The lowest BCUT2D eigenvalue weighted by Gasteiger charge is -2.20. The molecule has 0 saturated carbocycles. The molecule has 0 aliphatic carbocycles. The summed E-state index contributed by atoms with van der Waals surface area (Å²) in [6.07, 6.45) is 85.0. The lowest BCUT2D eigenvalue weighted by Crippen LogP contribution is -2.45. The fraction of sp³-hybridized carbons (Fsp3) is 0.887. The van der Waals surface area contributed by atoms with Gasteiger partial charge >= 0.3 is 5.97 Å². The molecule has 0 aliphatic heterocycles. The van der Waals surface area contributed by atoms with Gasteiger partial charge in [0, 0.05) is 12.8 Å². The molecule has 3 N–H and O–H groups in total. The van der Waals surface area contributed by atoms with Crippen molar-refractivity contribution in [3.05, 3.63) is 36.5 Å². The number of rotatable bonds is 65. The maximum Gasteiger partial charge on any atom is 0.305 e. The van der Waals surface area contributed by atoms with E-state index in [1.54, 1.807) is 6.08 Å². The van der Waals surface area contributed by atoms with Crippen LogP contribution in [-0.2, 0) is 14.3 Å². The van der Waals surface area contributed by atoms with Crippen LogP contribution in [0.5, 0.6) is 0 Å². The smallest absolute Gasteiger partial charge is 0.305 e. The van der Waals surface area contributed by atoms with Crippen LogP contribution in [-0.4, -0.2) is 47.4 Å². The van der Waals surface area contributed by atoms with Crippen LogP contribution >= 0.6 is 0 Å². The van der Waals surface area contributed by atoms with Crippen molar-refractivity contribution in [2.45, 2.75) is 392 Å². The molecule has 0 fully saturated rings. The summed E-state index contributed by atoms with van der Waals surface area (Å²) >= 11 is 0. The molecule has 2 atom stereocenters. The molecule has 0 radical (unpaired) electrons. The van der Waals surface area contributed by atoms with E-state index in [0.29, 0.717) is 19.4 Å². The SMILES string of the molecule is CCCCCCCCCCCCCCCCCCC/C=C/C(O)C(CO)NC(=O)CCCCCCCCCCCCCCC/C=C\C/C=C\CCCCCCCCCCCOC(=O)CCCCCCCCCCCCCC. The lowest BCUT2D eigenvalue weighted by atomic mass is 10.0. The molecule has 0 aliphatic rings. The molecule has 0 aromatic carbocycles. The van der Waals surface area contributed by atoms with Gasteiger partial charge in [-0.25, -0.2) is 0 Å². The Morgan fingerprint density at radius 3 is 0.987 bits per heavy atom. The molecule has 0 rings (SSSR count). The first-order chi connectivity index (χ1) is 38.0. The second-order valence-corrected chi connectivity index (χ2v) is 23.9. The summed E-state index contributed by atoms with van der Waals surface area (Å²) in [6, 6.07) is -0.629. The summed E-state index contributed by atoms with van der Waals surface area (Å²) in [5.74, 6) is -0.0532. The molecule has 454 valence electrons. The van der Waals surface area contributed by atoms with Crippen molar-refractivity contribution in [1.29, 1.82) is 0 Å². The van der Waals surface area contributed by atoms with Crippen molar-refractivity contribution in [2.24, 2.45) is 0 Å². The van der Waals surface area contributed by atoms with Gasteiger partial charge in [0.05, 0.1) is 25.4 Å². The van der Waals surface area contributed by atoms with E-state index in [9.17, 15) is 19.8 Å². The standard InChI is InChI=1S/C71H135NO5/c1-3-5-7-9-11-13-15-17-18-19-31-34-37-40-43-47-51-55-59-63-69(74)68(67-73)72-70(75)64-60-56-52-48-44-41-38-35-32-29-27-25-23-21-20-22-24-26-28-30-33-36-39-42-46-50-54-58-62-66-77-71(76)65-61-57-53-49-45-16-14-12-10-8-6-4-2/h20,22,26,28,59,63,68-69,73-74H,3-19,21,23-25,27,29-58,60-62,64-67H2,1-2H3,(H,72,75)/b22-20-,28-26-,63-59+.